The Kier molecular flexibility index (Phi) is 5.81. The summed E-state index contributed by atoms with van der Waals surface area (Å²) < 4.78 is 15.6. The number of rotatable bonds is 5. The van der Waals surface area contributed by atoms with Gasteiger partial charge in [-0.2, -0.15) is 0 Å². The molecule has 1 saturated heterocycles. The van der Waals surface area contributed by atoms with Crippen molar-refractivity contribution >= 4 is 11.9 Å². The Bertz CT molecular complexity index is 727. The van der Waals surface area contributed by atoms with Crippen LogP contribution in [0.3, 0.4) is 0 Å². The SMILES string of the molecule is COC(=O)C1=CN(C[C@@H]2CCCO2)C=C(C(=O)OC)C1c1ccc(O)cc1. The summed E-state index contributed by atoms with van der Waals surface area (Å²) in [5.41, 5.74) is 1.33. The Morgan fingerprint density at radius 2 is 1.70 bits per heavy atom. The molecule has 7 heteroatoms. The predicted molar refractivity (Wildman–Crippen MR) is 96.7 cm³/mol. The van der Waals surface area contributed by atoms with Gasteiger partial charge in [0.1, 0.15) is 5.75 Å². The van der Waals surface area contributed by atoms with Crippen LogP contribution in [0.1, 0.15) is 24.3 Å². The third-order valence-electron chi connectivity index (χ3n) is 4.74. The van der Waals surface area contributed by atoms with Gasteiger partial charge in [0.2, 0.25) is 0 Å². The van der Waals surface area contributed by atoms with Gasteiger partial charge in [-0.25, -0.2) is 9.59 Å². The second-order valence-corrected chi connectivity index (χ2v) is 6.51. The second kappa shape index (κ2) is 8.26. The molecule has 2 aliphatic heterocycles. The maximum absolute atomic E-state index is 12.5. The number of ether oxygens (including phenoxy) is 3. The van der Waals surface area contributed by atoms with Crippen molar-refractivity contribution in [1.29, 1.82) is 0 Å². The molecule has 0 bridgehead atoms. The average Bonchev–Trinajstić information content (AvgIpc) is 3.20. The first-order chi connectivity index (χ1) is 13.0. The molecule has 144 valence electrons. The van der Waals surface area contributed by atoms with Crippen molar-refractivity contribution in [2.45, 2.75) is 24.9 Å². The molecule has 1 N–H and O–H groups in total. The van der Waals surface area contributed by atoms with E-state index >= 15 is 0 Å². The fraction of sp³-hybridized carbons (Fsp3) is 0.400. The lowest BCUT2D eigenvalue weighted by atomic mass is 9.83. The molecule has 1 aromatic rings. The summed E-state index contributed by atoms with van der Waals surface area (Å²) in [5, 5.41) is 9.56. The van der Waals surface area contributed by atoms with Gasteiger partial charge in [0.15, 0.2) is 0 Å². The van der Waals surface area contributed by atoms with Crippen LogP contribution in [0.25, 0.3) is 0 Å². The minimum absolute atomic E-state index is 0.0421. The molecule has 1 atom stereocenters. The van der Waals surface area contributed by atoms with Gasteiger partial charge in [-0.15, -0.1) is 0 Å². The number of carbonyl (C=O) groups excluding carboxylic acids is 2. The average molecular weight is 373 g/mol. The van der Waals surface area contributed by atoms with Crippen LogP contribution in [-0.4, -0.2) is 55.4 Å². The van der Waals surface area contributed by atoms with E-state index < -0.39 is 17.9 Å². The highest BCUT2D eigenvalue weighted by Gasteiger charge is 2.35. The molecular formula is C20H23NO6. The summed E-state index contributed by atoms with van der Waals surface area (Å²) in [6.45, 7) is 1.25. The first-order valence-corrected chi connectivity index (χ1v) is 8.79. The standard InChI is InChI=1S/C20H23NO6/c1-25-19(23)16-11-21(10-15-4-3-9-27-15)12-17(20(24)26-2)18(16)13-5-7-14(22)8-6-13/h5-8,11-12,15,18,22H,3-4,9-10H2,1-2H3/t15-/m0/s1. The predicted octanol–water partition coefficient (Wildman–Crippen LogP) is 2.08. The maximum atomic E-state index is 12.5. The first-order valence-electron chi connectivity index (χ1n) is 8.79. The zero-order chi connectivity index (χ0) is 19.4. The number of nitrogens with zero attached hydrogens (tertiary/aromatic N) is 1. The second-order valence-electron chi connectivity index (χ2n) is 6.51. The molecule has 0 aliphatic carbocycles. The van der Waals surface area contributed by atoms with Crippen molar-refractivity contribution in [3.8, 4) is 5.75 Å². The molecule has 0 radical (unpaired) electrons. The molecule has 0 saturated carbocycles. The Hall–Kier alpha value is -2.80. The highest BCUT2D eigenvalue weighted by Crippen LogP contribution is 2.37. The lowest BCUT2D eigenvalue weighted by molar-refractivity contribution is -0.137. The zero-order valence-electron chi connectivity index (χ0n) is 15.4. The van der Waals surface area contributed by atoms with Crippen LogP contribution in [0.5, 0.6) is 5.75 Å². The van der Waals surface area contributed by atoms with Crippen LogP contribution < -0.4 is 0 Å². The van der Waals surface area contributed by atoms with E-state index in [-0.39, 0.29) is 11.9 Å². The lowest BCUT2D eigenvalue weighted by Gasteiger charge is -2.31. The highest BCUT2D eigenvalue weighted by molar-refractivity contribution is 5.98. The Balaban J connectivity index is 2.01. The van der Waals surface area contributed by atoms with Crippen LogP contribution in [-0.2, 0) is 23.8 Å². The summed E-state index contributed by atoms with van der Waals surface area (Å²) >= 11 is 0. The molecule has 0 spiro atoms. The van der Waals surface area contributed by atoms with Gasteiger partial charge in [0, 0.05) is 25.6 Å². The molecule has 2 aliphatic rings. The smallest absolute Gasteiger partial charge is 0.336 e. The van der Waals surface area contributed by atoms with Crippen molar-refractivity contribution in [3.05, 3.63) is 53.4 Å². The summed E-state index contributed by atoms with van der Waals surface area (Å²) in [4.78, 5) is 26.7. The quantitative estimate of drug-likeness (QED) is 0.791. The van der Waals surface area contributed by atoms with E-state index in [4.69, 9.17) is 14.2 Å². The number of phenols is 1. The van der Waals surface area contributed by atoms with Gasteiger partial charge in [-0.05, 0) is 30.5 Å². The van der Waals surface area contributed by atoms with Gasteiger partial charge in [0.05, 0.1) is 37.4 Å². The monoisotopic (exact) mass is 373 g/mol. The van der Waals surface area contributed by atoms with Crippen LogP contribution >= 0.6 is 0 Å². The zero-order valence-corrected chi connectivity index (χ0v) is 15.4. The molecule has 3 rings (SSSR count). The summed E-state index contributed by atoms with van der Waals surface area (Å²) in [7, 11) is 2.61. The minimum atomic E-state index is -0.647. The minimum Gasteiger partial charge on any atom is -0.508 e. The molecule has 1 aromatic carbocycles. The van der Waals surface area contributed by atoms with E-state index in [0.717, 1.165) is 19.4 Å². The number of aromatic hydroxyl groups is 1. The van der Waals surface area contributed by atoms with Gasteiger partial charge >= 0.3 is 11.9 Å². The van der Waals surface area contributed by atoms with Gasteiger partial charge in [0.25, 0.3) is 0 Å². The molecule has 0 amide bonds. The van der Waals surface area contributed by atoms with E-state index in [0.29, 0.717) is 23.3 Å². The van der Waals surface area contributed by atoms with E-state index in [1.807, 2.05) is 0 Å². The Morgan fingerprint density at radius 3 is 2.19 bits per heavy atom. The molecular weight excluding hydrogens is 350 g/mol. The molecule has 0 unspecified atom stereocenters. The summed E-state index contributed by atoms with van der Waals surface area (Å²) in [6, 6.07) is 6.36. The molecule has 1 fully saturated rings. The Labute approximate surface area is 157 Å². The largest absolute Gasteiger partial charge is 0.508 e. The molecule has 27 heavy (non-hydrogen) atoms. The number of carbonyl (C=O) groups is 2. The fourth-order valence-corrected chi connectivity index (χ4v) is 3.44. The van der Waals surface area contributed by atoms with Gasteiger partial charge < -0.3 is 24.2 Å². The summed E-state index contributed by atoms with van der Waals surface area (Å²) in [6.07, 6.45) is 5.35. The Morgan fingerprint density at radius 1 is 1.11 bits per heavy atom. The number of benzene rings is 1. The number of methoxy groups -OCH3 is 2. The fourth-order valence-electron chi connectivity index (χ4n) is 3.44. The number of esters is 2. The topological polar surface area (TPSA) is 85.3 Å². The van der Waals surface area contributed by atoms with Crippen molar-refractivity contribution in [3.63, 3.8) is 0 Å². The maximum Gasteiger partial charge on any atom is 0.336 e. The van der Waals surface area contributed by atoms with Gasteiger partial charge in [-0.3, -0.25) is 0 Å². The van der Waals surface area contributed by atoms with Gasteiger partial charge in [-0.1, -0.05) is 12.1 Å². The van der Waals surface area contributed by atoms with E-state index in [9.17, 15) is 14.7 Å². The van der Waals surface area contributed by atoms with Crippen molar-refractivity contribution in [2.75, 3.05) is 27.4 Å². The number of hydrogen-bond acceptors (Lipinski definition) is 7. The molecule has 7 nitrogen and oxygen atoms in total. The molecule has 2 heterocycles. The third-order valence-corrected chi connectivity index (χ3v) is 4.74. The number of phenolic OH excluding ortho intramolecular Hbond substituents is 1. The van der Waals surface area contributed by atoms with E-state index in [2.05, 4.69) is 0 Å². The molecule has 0 aromatic heterocycles. The van der Waals surface area contributed by atoms with Crippen LogP contribution in [0.2, 0.25) is 0 Å². The third kappa shape index (κ3) is 4.14. The van der Waals surface area contributed by atoms with Crippen molar-refractivity contribution in [2.24, 2.45) is 0 Å². The van der Waals surface area contributed by atoms with Crippen LogP contribution in [0.4, 0.5) is 0 Å². The summed E-state index contributed by atoms with van der Waals surface area (Å²) in [5.74, 6) is -1.60. The number of hydrogen-bond donors (Lipinski definition) is 1. The van der Waals surface area contributed by atoms with E-state index in [1.54, 1.807) is 29.4 Å². The first kappa shape index (κ1) is 19.0. The van der Waals surface area contributed by atoms with Crippen LogP contribution in [0, 0.1) is 0 Å². The van der Waals surface area contributed by atoms with Crippen LogP contribution in [0.15, 0.2) is 47.8 Å². The highest BCUT2D eigenvalue weighted by atomic mass is 16.5. The normalized spacial score (nSPS) is 20.1. The van der Waals surface area contributed by atoms with Crippen molar-refractivity contribution in [1.82, 2.24) is 4.90 Å². The lowest BCUT2D eigenvalue weighted by Crippen LogP contribution is -2.32. The van der Waals surface area contributed by atoms with Crippen molar-refractivity contribution < 1.29 is 28.9 Å². The van der Waals surface area contributed by atoms with E-state index in [1.165, 1.54) is 26.4 Å².